The van der Waals surface area contributed by atoms with Crippen LogP contribution in [0.4, 0.5) is 4.39 Å². The van der Waals surface area contributed by atoms with Crippen LogP contribution in [-0.2, 0) is 7.05 Å². The standard InChI is InChI=1S/C12H9FN4O/c1-14-12-15-9-8-5-6(13)3-4-7(8)11(18)10(9)16-17(12)2/h3-5H,1-2H3. The van der Waals surface area contributed by atoms with Gasteiger partial charge in [0, 0.05) is 25.2 Å². The largest absolute Gasteiger partial charge is 0.287 e. The fourth-order valence-electron chi connectivity index (χ4n) is 2.04. The summed E-state index contributed by atoms with van der Waals surface area (Å²) >= 11 is 0. The summed E-state index contributed by atoms with van der Waals surface area (Å²) in [6, 6.07) is 4.01. The molecule has 1 heterocycles. The van der Waals surface area contributed by atoms with Gasteiger partial charge in [0.2, 0.25) is 11.4 Å². The van der Waals surface area contributed by atoms with E-state index in [9.17, 15) is 9.18 Å². The van der Waals surface area contributed by atoms with E-state index in [0.29, 0.717) is 22.4 Å². The van der Waals surface area contributed by atoms with Crippen molar-refractivity contribution in [2.24, 2.45) is 12.0 Å². The first-order valence-corrected chi connectivity index (χ1v) is 5.34. The van der Waals surface area contributed by atoms with E-state index < -0.39 is 5.82 Å². The molecule has 1 aliphatic rings. The number of hydrogen-bond acceptors (Lipinski definition) is 4. The smallest absolute Gasteiger partial charge is 0.241 e. The maximum absolute atomic E-state index is 13.3. The topological polar surface area (TPSA) is 60.1 Å². The van der Waals surface area contributed by atoms with E-state index in [2.05, 4.69) is 15.1 Å². The fourth-order valence-corrected chi connectivity index (χ4v) is 2.04. The zero-order chi connectivity index (χ0) is 12.9. The second kappa shape index (κ2) is 3.56. The summed E-state index contributed by atoms with van der Waals surface area (Å²) in [4.78, 5) is 20.3. The van der Waals surface area contributed by atoms with Gasteiger partial charge in [-0.15, -0.1) is 0 Å². The summed E-state index contributed by atoms with van der Waals surface area (Å²) in [6.45, 7) is 0. The zero-order valence-electron chi connectivity index (χ0n) is 9.81. The third-order valence-electron chi connectivity index (χ3n) is 2.87. The van der Waals surface area contributed by atoms with Gasteiger partial charge in [0.05, 0.1) is 0 Å². The van der Waals surface area contributed by atoms with Crippen molar-refractivity contribution < 1.29 is 9.18 Å². The number of ketones is 1. The molecule has 5 nitrogen and oxygen atoms in total. The van der Waals surface area contributed by atoms with Crippen molar-refractivity contribution in [2.75, 3.05) is 7.05 Å². The Bertz CT molecular complexity index is 748. The van der Waals surface area contributed by atoms with E-state index in [1.165, 1.54) is 22.9 Å². The Hall–Kier alpha value is -2.37. The lowest BCUT2D eigenvalue weighted by Crippen LogP contribution is -2.26. The Morgan fingerprint density at radius 1 is 1.28 bits per heavy atom. The van der Waals surface area contributed by atoms with Crippen molar-refractivity contribution in [2.45, 2.75) is 0 Å². The first-order chi connectivity index (χ1) is 8.61. The molecule has 3 rings (SSSR count). The van der Waals surface area contributed by atoms with Crippen molar-refractivity contribution in [3.05, 3.63) is 40.9 Å². The molecule has 0 saturated heterocycles. The average molecular weight is 244 g/mol. The molecule has 0 spiro atoms. The van der Waals surface area contributed by atoms with Gasteiger partial charge in [0.15, 0.2) is 5.69 Å². The number of rotatable bonds is 0. The average Bonchev–Trinajstić information content (AvgIpc) is 2.61. The van der Waals surface area contributed by atoms with Crippen LogP contribution in [0.25, 0.3) is 11.3 Å². The molecule has 6 heteroatoms. The van der Waals surface area contributed by atoms with Crippen LogP contribution in [0.3, 0.4) is 0 Å². The minimum Gasteiger partial charge on any atom is -0.287 e. The number of fused-ring (bicyclic) bond motifs is 3. The number of benzene rings is 1. The van der Waals surface area contributed by atoms with Crippen LogP contribution in [-0.4, -0.2) is 27.6 Å². The quantitative estimate of drug-likeness (QED) is 0.584. The third-order valence-corrected chi connectivity index (χ3v) is 2.87. The minimum atomic E-state index is -0.403. The number of carbonyl (C=O) groups is 1. The monoisotopic (exact) mass is 244 g/mol. The molecule has 2 aromatic rings. The van der Waals surface area contributed by atoms with Crippen molar-refractivity contribution in [1.29, 1.82) is 0 Å². The second-order valence-electron chi connectivity index (χ2n) is 3.98. The molecular formula is C12H9FN4O. The lowest BCUT2D eigenvalue weighted by atomic mass is 10.1. The summed E-state index contributed by atoms with van der Waals surface area (Å²) in [7, 11) is 3.24. The molecular weight excluding hydrogens is 235 g/mol. The Labute approximate surface area is 102 Å². The van der Waals surface area contributed by atoms with Crippen LogP contribution < -0.4 is 5.62 Å². The maximum atomic E-state index is 13.3. The number of aromatic nitrogens is 3. The summed E-state index contributed by atoms with van der Waals surface area (Å²) in [5.41, 5.74) is 1.94. The first kappa shape index (κ1) is 10.8. The number of halogens is 1. The van der Waals surface area contributed by atoms with Crippen molar-refractivity contribution in [3.63, 3.8) is 0 Å². The van der Waals surface area contributed by atoms with Gasteiger partial charge in [-0.2, -0.15) is 5.10 Å². The van der Waals surface area contributed by atoms with E-state index in [1.807, 2.05) is 0 Å². The molecule has 1 aliphatic carbocycles. The van der Waals surface area contributed by atoms with Crippen LogP contribution in [0.1, 0.15) is 16.1 Å². The predicted molar refractivity (Wildman–Crippen MR) is 61.3 cm³/mol. The van der Waals surface area contributed by atoms with Gasteiger partial charge in [0.25, 0.3) is 0 Å². The highest BCUT2D eigenvalue weighted by Gasteiger charge is 2.30. The Kier molecular flexibility index (Phi) is 2.13. The normalized spacial score (nSPS) is 13.7. The van der Waals surface area contributed by atoms with Crippen LogP contribution in [0.15, 0.2) is 23.2 Å². The SMILES string of the molecule is CN=c1nc2c(nn1C)C(=O)c1ccc(F)cc1-2. The van der Waals surface area contributed by atoms with E-state index in [0.717, 1.165) is 0 Å². The molecule has 0 atom stereocenters. The highest BCUT2D eigenvalue weighted by Crippen LogP contribution is 2.33. The molecule has 0 aliphatic heterocycles. The molecule has 0 bridgehead atoms. The first-order valence-electron chi connectivity index (χ1n) is 5.34. The highest BCUT2D eigenvalue weighted by molar-refractivity contribution is 6.19. The van der Waals surface area contributed by atoms with Crippen LogP contribution in [0.5, 0.6) is 0 Å². The van der Waals surface area contributed by atoms with Crippen molar-refractivity contribution in [1.82, 2.24) is 14.8 Å². The second-order valence-corrected chi connectivity index (χ2v) is 3.98. The highest BCUT2D eigenvalue weighted by atomic mass is 19.1. The lowest BCUT2D eigenvalue weighted by molar-refractivity contribution is 0.103. The third kappa shape index (κ3) is 1.32. The van der Waals surface area contributed by atoms with Crippen molar-refractivity contribution in [3.8, 4) is 11.3 Å². The molecule has 0 saturated carbocycles. The molecule has 0 fully saturated rings. The van der Waals surface area contributed by atoms with Gasteiger partial charge in [-0.25, -0.2) is 14.1 Å². The van der Waals surface area contributed by atoms with Gasteiger partial charge >= 0.3 is 0 Å². The van der Waals surface area contributed by atoms with E-state index >= 15 is 0 Å². The zero-order valence-corrected chi connectivity index (χ0v) is 9.81. The maximum Gasteiger partial charge on any atom is 0.241 e. The Morgan fingerprint density at radius 3 is 2.78 bits per heavy atom. The van der Waals surface area contributed by atoms with Crippen LogP contribution >= 0.6 is 0 Å². The number of carbonyl (C=O) groups excluding carboxylic acids is 1. The summed E-state index contributed by atoms with van der Waals surface area (Å²) in [5.74, 6) is -0.634. The number of hydrogen-bond donors (Lipinski definition) is 0. The summed E-state index contributed by atoms with van der Waals surface area (Å²) in [6.07, 6.45) is 0. The predicted octanol–water partition coefficient (Wildman–Crippen LogP) is 0.696. The molecule has 90 valence electrons. The molecule has 1 aromatic carbocycles. The molecule has 0 unspecified atom stereocenters. The van der Waals surface area contributed by atoms with E-state index in [4.69, 9.17) is 0 Å². The minimum absolute atomic E-state index is 0.231. The molecule has 1 aromatic heterocycles. The van der Waals surface area contributed by atoms with Gasteiger partial charge < -0.3 is 0 Å². The van der Waals surface area contributed by atoms with Gasteiger partial charge in [-0.05, 0) is 18.2 Å². The van der Waals surface area contributed by atoms with Gasteiger partial charge in [-0.3, -0.25) is 9.79 Å². The van der Waals surface area contributed by atoms with Crippen LogP contribution in [0.2, 0.25) is 0 Å². The Balaban J connectivity index is 2.40. The lowest BCUT2D eigenvalue weighted by Gasteiger charge is -2.01. The number of aryl methyl sites for hydroxylation is 1. The molecule has 0 amide bonds. The molecule has 0 N–H and O–H groups in total. The van der Waals surface area contributed by atoms with Crippen LogP contribution in [0, 0.1) is 5.82 Å². The Morgan fingerprint density at radius 2 is 2.06 bits per heavy atom. The van der Waals surface area contributed by atoms with Crippen molar-refractivity contribution >= 4 is 5.78 Å². The van der Waals surface area contributed by atoms with E-state index in [1.54, 1.807) is 14.1 Å². The van der Waals surface area contributed by atoms with Gasteiger partial charge in [-0.1, -0.05) is 0 Å². The molecule has 18 heavy (non-hydrogen) atoms. The van der Waals surface area contributed by atoms with Gasteiger partial charge in [0.1, 0.15) is 11.5 Å². The summed E-state index contributed by atoms with van der Waals surface area (Å²) in [5, 5.41) is 4.14. The fraction of sp³-hybridized carbons (Fsp3) is 0.167. The number of nitrogens with zero attached hydrogens (tertiary/aromatic N) is 4. The summed E-state index contributed by atoms with van der Waals surface area (Å²) < 4.78 is 14.7. The molecule has 0 radical (unpaired) electrons. The van der Waals surface area contributed by atoms with E-state index in [-0.39, 0.29) is 11.5 Å².